The molecule has 0 N–H and O–H groups in total. The number of hydrogen-bond donors (Lipinski definition) is 0. The Hall–Kier alpha value is -3.40. The van der Waals surface area contributed by atoms with Gasteiger partial charge in [-0.1, -0.05) is 36.4 Å². The van der Waals surface area contributed by atoms with Crippen molar-refractivity contribution in [2.24, 2.45) is 0 Å². The number of aryl methyl sites for hydroxylation is 1. The summed E-state index contributed by atoms with van der Waals surface area (Å²) in [5.74, 6) is -3.96. The van der Waals surface area contributed by atoms with Crippen molar-refractivity contribution in [2.75, 3.05) is 6.54 Å². The molecule has 1 saturated heterocycles. The Bertz CT molecular complexity index is 1040. The first-order chi connectivity index (χ1) is 14.7. The lowest BCUT2D eigenvalue weighted by atomic mass is 9.94. The van der Waals surface area contributed by atoms with Crippen LogP contribution < -0.4 is 0 Å². The van der Waals surface area contributed by atoms with E-state index < -0.39 is 30.8 Å². The molecule has 1 aromatic heterocycles. The molecule has 2 aromatic rings. The zero-order valence-corrected chi connectivity index (χ0v) is 17.3. The molecular weight excluding hydrogens is 400 g/mol. The largest absolute Gasteiger partial charge is 0.320 e. The number of likely N-dealkylation sites (tertiary alicyclic amines) is 1. The first kappa shape index (κ1) is 22.3. The minimum Gasteiger partial charge on any atom is -0.320 e. The van der Waals surface area contributed by atoms with Gasteiger partial charge in [0.1, 0.15) is 6.04 Å². The van der Waals surface area contributed by atoms with Gasteiger partial charge in [0, 0.05) is 37.2 Å². The molecule has 0 bridgehead atoms. The number of rotatable bonds is 7. The van der Waals surface area contributed by atoms with Crippen molar-refractivity contribution in [3.63, 3.8) is 0 Å². The van der Waals surface area contributed by atoms with E-state index >= 15 is 0 Å². The third kappa shape index (κ3) is 5.40. The monoisotopic (exact) mass is 423 g/mol. The fourth-order valence-corrected chi connectivity index (χ4v) is 3.65. The van der Waals surface area contributed by atoms with Crippen LogP contribution in [0.25, 0.3) is 5.57 Å². The van der Waals surface area contributed by atoms with Crippen molar-refractivity contribution >= 4 is 17.3 Å². The van der Waals surface area contributed by atoms with Crippen molar-refractivity contribution in [3.8, 4) is 6.07 Å². The van der Waals surface area contributed by atoms with Crippen molar-refractivity contribution in [1.82, 2.24) is 9.88 Å². The predicted molar refractivity (Wildman–Crippen MR) is 112 cm³/mol. The van der Waals surface area contributed by atoms with Gasteiger partial charge >= 0.3 is 0 Å². The normalized spacial score (nSPS) is 17.2. The highest BCUT2D eigenvalue weighted by Crippen LogP contribution is 2.32. The highest BCUT2D eigenvalue weighted by Gasteiger charge is 2.47. The number of benzene rings is 1. The molecule has 3 rings (SSSR count). The average Bonchev–Trinajstić information content (AvgIpc) is 3.07. The number of halogens is 2. The van der Waals surface area contributed by atoms with E-state index in [0.29, 0.717) is 17.5 Å². The summed E-state index contributed by atoms with van der Waals surface area (Å²) in [6.07, 6.45) is 2.49. The number of alkyl halides is 2. The van der Waals surface area contributed by atoms with E-state index in [1.807, 2.05) is 31.2 Å². The minimum absolute atomic E-state index is 0.132. The molecule has 5 nitrogen and oxygen atoms in total. The maximum Gasteiger partial charge on any atom is 0.268 e. The zero-order chi connectivity index (χ0) is 22.6. The number of Topliss-reactive ketones (excluding diaryl/α,β-unsaturated/α-hetero) is 1. The van der Waals surface area contributed by atoms with Gasteiger partial charge in [-0.05, 0) is 36.1 Å². The molecule has 0 radical (unpaired) electrons. The molecule has 1 aliphatic heterocycles. The van der Waals surface area contributed by atoms with Crippen LogP contribution in [0.2, 0.25) is 0 Å². The molecule has 7 heteroatoms. The van der Waals surface area contributed by atoms with E-state index in [-0.39, 0.29) is 18.6 Å². The van der Waals surface area contributed by atoms with Gasteiger partial charge < -0.3 is 4.90 Å². The topological polar surface area (TPSA) is 74.1 Å². The van der Waals surface area contributed by atoms with Crippen LogP contribution in [0.15, 0.2) is 49.3 Å². The molecule has 1 fully saturated rings. The third-order valence-corrected chi connectivity index (χ3v) is 5.37. The zero-order valence-electron chi connectivity index (χ0n) is 17.3. The Morgan fingerprint density at radius 1 is 1.26 bits per heavy atom. The van der Waals surface area contributed by atoms with Crippen LogP contribution >= 0.6 is 0 Å². The summed E-state index contributed by atoms with van der Waals surface area (Å²) in [6, 6.07) is 10.1. The van der Waals surface area contributed by atoms with Crippen molar-refractivity contribution in [3.05, 3.63) is 71.6 Å². The van der Waals surface area contributed by atoms with Crippen LogP contribution in [0.5, 0.6) is 0 Å². The molecule has 1 amide bonds. The number of aromatic nitrogens is 1. The quantitative estimate of drug-likeness (QED) is 0.620. The van der Waals surface area contributed by atoms with E-state index in [4.69, 9.17) is 5.26 Å². The van der Waals surface area contributed by atoms with E-state index in [9.17, 15) is 18.4 Å². The highest BCUT2D eigenvalue weighted by atomic mass is 19.3. The number of pyridine rings is 1. The van der Waals surface area contributed by atoms with Gasteiger partial charge in [0.25, 0.3) is 5.92 Å². The average molecular weight is 423 g/mol. The Labute approximate surface area is 180 Å². The van der Waals surface area contributed by atoms with Crippen molar-refractivity contribution in [2.45, 2.75) is 44.6 Å². The van der Waals surface area contributed by atoms with Crippen LogP contribution in [0.4, 0.5) is 8.78 Å². The summed E-state index contributed by atoms with van der Waals surface area (Å²) in [5.41, 5.74) is 4.04. The summed E-state index contributed by atoms with van der Waals surface area (Å²) in [4.78, 5) is 30.1. The Kier molecular flexibility index (Phi) is 6.59. The molecule has 1 aromatic carbocycles. The lowest BCUT2D eigenvalue weighted by Crippen LogP contribution is -2.36. The molecule has 0 spiro atoms. The van der Waals surface area contributed by atoms with Crippen LogP contribution in [-0.2, 0) is 11.2 Å². The molecule has 0 unspecified atom stereocenters. The summed E-state index contributed by atoms with van der Waals surface area (Å²) in [7, 11) is 0. The maximum atomic E-state index is 13.6. The fraction of sp³-hybridized carbons (Fsp3) is 0.333. The number of ketones is 1. The molecule has 160 valence electrons. The number of amides is 1. The van der Waals surface area contributed by atoms with Gasteiger partial charge in [-0.25, -0.2) is 8.78 Å². The SMILES string of the molecule is C=C(Cc1cnccc1C(=O)CCC(=O)N1CC(F)(F)C[C@H]1C#N)c1ccc(C)cc1. The van der Waals surface area contributed by atoms with Crippen LogP contribution in [0, 0.1) is 18.3 Å². The van der Waals surface area contributed by atoms with Gasteiger partial charge in [-0.15, -0.1) is 0 Å². The minimum atomic E-state index is -3.07. The molecular formula is C24H23F2N3O2. The predicted octanol–water partition coefficient (Wildman–Crippen LogP) is 4.37. The van der Waals surface area contributed by atoms with E-state index in [0.717, 1.165) is 21.6 Å². The summed E-state index contributed by atoms with van der Waals surface area (Å²) in [5, 5.41) is 9.04. The number of hydrogen-bond acceptors (Lipinski definition) is 4. The number of carbonyl (C=O) groups excluding carboxylic acids is 2. The first-order valence-electron chi connectivity index (χ1n) is 9.98. The van der Waals surface area contributed by atoms with Gasteiger partial charge in [0.05, 0.1) is 12.6 Å². The summed E-state index contributed by atoms with van der Waals surface area (Å²) >= 11 is 0. The number of nitrogens with zero attached hydrogens (tertiary/aromatic N) is 3. The van der Waals surface area contributed by atoms with Gasteiger partial charge in [0.15, 0.2) is 5.78 Å². The van der Waals surface area contributed by atoms with Crippen LogP contribution in [0.3, 0.4) is 0 Å². The number of allylic oxidation sites excluding steroid dienone is 1. The van der Waals surface area contributed by atoms with E-state index in [2.05, 4.69) is 11.6 Å². The van der Waals surface area contributed by atoms with E-state index in [1.165, 1.54) is 6.20 Å². The maximum absolute atomic E-state index is 13.6. The smallest absolute Gasteiger partial charge is 0.268 e. The highest BCUT2D eigenvalue weighted by molar-refractivity contribution is 5.99. The first-order valence-corrected chi connectivity index (χ1v) is 9.98. The van der Waals surface area contributed by atoms with Gasteiger partial charge in [-0.3, -0.25) is 14.6 Å². The summed E-state index contributed by atoms with van der Waals surface area (Å²) < 4.78 is 27.1. The molecule has 0 aliphatic carbocycles. The Balaban J connectivity index is 1.66. The molecule has 31 heavy (non-hydrogen) atoms. The fourth-order valence-electron chi connectivity index (χ4n) is 3.65. The molecule has 0 saturated carbocycles. The standard InChI is InChI=1S/C24H23F2N3O2/c1-16-3-5-18(6-4-16)17(2)11-19-14-28-10-9-21(19)22(30)7-8-23(31)29-15-24(25,26)12-20(29)13-27/h3-6,9-10,14,20H,2,7-8,11-12,15H2,1H3/t20-/m0/s1. The van der Waals surface area contributed by atoms with Crippen molar-refractivity contribution < 1.29 is 18.4 Å². The molecule has 2 heterocycles. The Morgan fingerprint density at radius 2 is 1.97 bits per heavy atom. The third-order valence-electron chi connectivity index (χ3n) is 5.37. The lowest BCUT2D eigenvalue weighted by molar-refractivity contribution is -0.132. The van der Waals surface area contributed by atoms with Crippen molar-refractivity contribution in [1.29, 1.82) is 5.26 Å². The second-order valence-corrected chi connectivity index (χ2v) is 7.83. The second-order valence-electron chi connectivity index (χ2n) is 7.83. The number of carbonyl (C=O) groups is 2. The number of nitriles is 1. The lowest BCUT2D eigenvalue weighted by Gasteiger charge is -2.19. The van der Waals surface area contributed by atoms with Gasteiger partial charge in [-0.2, -0.15) is 5.26 Å². The van der Waals surface area contributed by atoms with Crippen LogP contribution in [-0.4, -0.2) is 40.1 Å². The second kappa shape index (κ2) is 9.17. The van der Waals surface area contributed by atoms with Crippen LogP contribution in [0.1, 0.15) is 46.3 Å². The summed E-state index contributed by atoms with van der Waals surface area (Å²) in [6.45, 7) is 5.32. The molecule has 1 aliphatic rings. The van der Waals surface area contributed by atoms with Gasteiger partial charge in [0.2, 0.25) is 5.91 Å². The van der Waals surface area contributed by atoms with E-state index in [1.54, 1.807) is 18.3 Å². The molecule has 1 atom stereocenters. The Morgan fingerprint density at radius 3 is 2.65 bits per heavy atom.